The van der Waals surface area contributed by atoms with Crippen LogP contribution in [-0.2, 0) is 6.54 Å². The fraction of sp³-hybridized carbons (Fsp3) is 0.0500. The van der Waals surface area contributed by atoms with Crippen LogP contribution in [0.1, 0.15) is 5.76 Å². The van der Waals surface area contributed by atoms with E-state index in [1.165, 1.54) is 17.4 Å². The summed E-state index contributed by atoms with van der Waals surface area (Å²) in [7, 11) is 0. The molecule has 0 spiro atoms. The minimum atomic E-state index is -0.415. The van der Waals surface area contributed by atoms with E-state index >= 15 is 0 Å². The zero-order valence-electron chi connectivity index (χ0n) is 14.2. The van der Waals surface area contributed by atoms with Crippen molar-refractivity contribution in [2.24, 2.45) is 4.99 Å². The van der Waals surface area contributed by atoms with Crippen LogP contribution in [0, 0.1) is 10.1 Å². The average molecular weight is 377 g/mol. The van der Waals surface area contributed by atoms with Gasteiger partial charge >= 0.3 is 0 Å². The van der Waals surface area contributed by atoms with Crippen molar-refractivity contribution in [3.05, 3.63) is 99.0 Å². The van der Waals surface area contributed by atoms with Gasteiger partial charge in [0.25, 0.3) is 5.69 Å². The number of hydrogen-bond donors (Lipinski definition) is 0. The van der Waals surface area contributed by atoms with Crippen LogP contribution < -0.4 is 4.80 Å². The standard InChI is InChI=1S/C20H15N3O3S/c24-23(25)18-11-5-4-10-17(18)21-20-22(13-16-9-6-12-26-16)19(14-27-20)15-7-2-1-3-8-15/h1-12,14H,13H2. The minimum Gasteiger partial charge on any atom is -0.467 e. The van der Waals surface area contributed by atoms with E-state index < -0.39 is 4.92 Å². The number of benzene rings is 2. The number of thiazole rings is 1. The molecule has 0 aliphatic heterocycles. The maximum Gasteiger partial charge on any atom is 0.294 e. The van der Waals surface area contributed by atoms with Gasteiger partial charge in [-0.05, 0) is 23.8 Å². The molecule has 2 aromatic heterocycles. The van der Waals surface area contributed by atoms with Crippen LogP contribution in [0.25, 0.3) is 11.3 Å². The van der Waals surface area contributed by atoms with E-state index in [0.717, 1.165) is 17.0 Å². The highest BCUT2D eigenvalue weighted by Crippen LogP contribution is 2.27. The molecule has 0 saturated heterocycles. The van der Waals surface area contributed by atoms with Crippen LogP contribution in [-0.4, -0.2) is 9.49 Å². The van der Waals surface area contributed by atoms with E-state index in [0.29, 0.717) is 17.0 Å². The molecule has 4 rings (SSSR count). The summed E-state index contributed by atoms with van der Waals surface area (Å²) in [5, 5.41) is 13.3. The Kier molecular flexibility index (Phi) is 4.67. The lowest BCUT2D eigenvalue weighted by Gasteiger charge is -2.07. The molecular formula is C20H15N3O3S. The second-order valence-corrected chi connectivity index (χ2v) is 6.63. The highest BCUT2D eigenvalue weighted by atomic mass is 32.1. The van der Waals surface area contributed by atoms with E-state index in [-0.39, 0.29) is 5.69 Å². The first-order valence-corrected chi connectivity index (χ1v) is 9.14. The van der Waals surface area contributed by atoms with Crippen LogP contribution >= 0.6 is 11.3 Å². The van der Waals surface area contributed by atoms with E-state index in [4.69, 9.17) is 4.42 Å². The molecule has 0 unspecified atom stereocenters. The molecule has 6 nitrogen and oxygen atoms in total. The Morgan fingerprint density at radius 2 is 1.81 bits per heavy atom. The Bertz CT molecular complexity index is 1130. The first kappa shape index (κ1) is 17.0. The van der Waals surface area contributed by atoms with E-state index in [9.17, 15) is 10.1 Å². The van der Waals surface area contributed by atoms with Gasteiger partial charge in [0.1, 0.15) is 11.4 Å². The topological polar surface area (TPSA) is 73.6 Å². The van der Waals surface area contributed by atoms with Crippen molar-refractivity contribution in [1.29, 1.82) is 0 Å². The zero-order chi connectivity index (χ0) is 18.6. The van der Waals surface area contributed by atoms with Gasteiger partial charge in [0.2, 0.25) is 0 Å². The third-order valence-electron chi connectivity index (χ3n) is 4.06. The van der Waals surface area contributed by atoms with Gasteiger partial charge in [0.15, 0.2) is 4.80 Å². The SMILES string of the molecule is O=[N+]([O-])c1ccccc1N=c1scc(-c2ccccc2)n1Cc1ccco1. The van der Waals surface area contributed by atoms with Gasteiger partial charge in [-0.25, -0.2) is 4.99 Å². The second kappa shape index (κ2) is 7.43. The lowest BCUT2D eigenvalue weighted by Crippen LogP contribution is -2.16. The number of nitro groups is 1. The second-order valence-electron chi connectivity index (χ2n) is 5.79. The average Bonchev–Trinajstić information content (AvgIpc) is 3.34. The molecule has 0 N–H and O–H groups in total. The molecule has 0 saturated carbocycles. The number of para-hydroxylation sites is 2. The molecule has 0 atom stereocenters. The summed E-state index contributed by atoms with van der Waals surface area (Å²) in [6.45, 7) is 0.486. The Balaban J connectivity index is 1.89. The van der Waals surface area contributed by atoms with Gasteiger partial charge in [-0.3, -0.25) is 10.1 Å². The molecule has 0 amide bonds. The van der Waals surface area contributed by atoms with E-state index in [2.05, 4.69) is 4.99 Å². The van der Waals surface area contributed by atoms with Crippen LogP contribution in [0.15, 0.2) is 87.8 Å². The quantitative estimate of drug-likeness (QED) is 0.363. The van der Waals surface area contributed by atoms with Crippen molar-refractivity contribution < 1.29 is 9.34 Å². The number of nitrogens with zero attached hydrogens (tertiary/aromatic N) is 3. The predicted octanol–water partition coefficient (Wildman–Crippen LogP) is 5.00. The van der Waals surface area contributed by atoms with Crippen LogP contribution in [0.3, 0.4) is 0 Å². The highest BCUT2D eigenvalue weighted by Gasteiger charge is 2.14. The number of rotatable bonds is 5. The first-order chi connectivity index (χ1) is 13.2. The molecule has 7 heteroatoms. The van der Waals surface area contributed by atoms with E-state index in [1.807, 2.05) is 52.4 Å². The summed E-state index contributed by atoms with van der Waals surface area (Å²) in [5.41, 5.74) is 2.34. The van der Waals surface area contributed by atoms with Crippen molar-refractivity contribution in [2.45, 2.75) is 6.54 Å². The summed E-state index contributed by atoms with van der Waals surface area (Å²) in [5.74, 6) is 0.787. The molecular weight excluding hydrogens is 362 g/mol. The molecule has 4 aromatic rings. The van der Waals surface area contributed by atoms with E-state index in [1.54, 1.807) is 24.5 Å². The zero-order valence-corrected chi connectivity index (χ0v) is 15.0. The predicted molar refractivity (Wildman–Crippen MR) is 104 cm³/mol. The lowest BCUT2D eigenvalue weighted by atomic mass is 10.2. The normalized spacial score (nSPS) is 11.6. The summed E-state index contributed by atoms with van der Waals surface area (Å²) < 4.78 is 7.51. The molecule has 0 radical (unpaired) electrons. The van der Waals surface area contributed by atoms with Crippen molar-refractivity contribution in [2.75, 3.05) is 0 Å². The number of aromatic nitrogens is 1. The molecule has 134 valence electrons. The van der Waals surface area contributed by atoms with Crippen molar-refractivity contribution in [3.8, 4) is 11.3 Å². The molecule has 2 aromatic carbocycles. The molecule has 27 heavy (non-hydrogen) atoms. The molecule has 0 bridgehead atoms. The maximum atomic E-state index is 11.3. The molecule has 0 aliphatic rings. The molecule has 2 heterocycles. The van der Waals surface area contributed by atoms with Gasteiger partial charge in [-0.2, -0.15) is 0 Å². The third kappa shape index (κ3) is 3.58. The van der Waals surface area contributed by atoms with Crippen molar-refractivity contribution >= 4 is 22.7 Å². The first-order valence-electron chi connectivity index (χ1n) is 8.26. The Morgan fingerprint density at radius 1 is 1.04 bits per heavy atom. The monoisotopic (exact) mass is 377 g/mol. The number of hydrogen-bond acceptors (Lipinski definition) is 5. The van der Waals surface area contributed by atoms with Crippen LogP contribution in [0.2, 0.25) is 0 Å². The largest absolute Gasteiger partial charge is 0.467 e. The lowest BCUT2D eigenvalue weighted by molar-refractivity contribution is -0.384. The van der Waals surface area contributed by atoms with Gasteiger partial charge in [-0.15, -0.1) is 11.3 Å². The smallest absolute Gasteiger partial charge is 0.294 e. The summed E-state index contributed by atoms with van der Waals surface area (Å²) in [4.78, 5) is 16.1. The Morgan fingerprint density at radius 3 is 2.56 bits per heavy atom. The summed E-state index contributed by atoms with van der Waals surface area (Å²) in [6, 6.07) is 20.2. The summed E-state index contributed by atoms with van der Waals surface area (Å²) >= 11 is 1.44. The fourth-order valence-corrected chi connectivity index (χ4v) is 3.71. The molecule has 0 aliphatic carbocycles. The Labute approximate surface area is 158 Å². The van der Waals surface area contributed by atoms with Crippen LogP contribution in [0.4, 0.5) is 11.4 Å². The van der Waals surface area contributed by atoms with Crippen LogP contribution in [0.5, 0.6) is 0 Å². The van der Waals surface area contributed by atoms with Gasteiger partial charge in [-0.1, -0.05) is 42.5 Å². The highest BCUT2D eigenvalue weighted by molar-refractivity contribution is 7.07. The maximum absolute atomic E-state index is 11.3. The minimum absolute atomic E-state index is 0.0169. The fourth-order valence-electron chi connectivity index (χ4n) is 2.79. The van der Waals surface area contributed by atoms with Gasteiger partial charge < -0.3 is 8.98 Å². The third-order valence-corrected chi connectivity index (χ3v) is 4.92. The number of nitro benzene ring substituents is 1. The number of furan rings is 1. The van der Waals surface area contributed by atoms with Crippen molar-refractivity contribution in [3.63, 3.8) is 0 Å². The van der Waals surface area contributed by atoms with Gasteiger partial charge in [0.05, 0.1) is 23.4 Å². The summed E-state index contributed by atoms with van der Waals surface area (Å²) in [6.07, 6.45) is 1.63. The van der Waals surface area contributed by atoms with Gasteiger partial charge in [0, 0.05) is 11.4 Å². The van der Waals surface area contributed by atoms with Crippen molar-refractivity contribution in [1.82, 2.24) is 4.57 Å². The molecule has 0 fully saturated rings. The Hall–Kier alpha value is -3.45.